The quantitative estimate of drug-likeness (QED) is 0.454. The summed E-state index contributed by atoms with van der Waals surface area (Å²) in [5, 5.41) is 8.11. The number of rotatable bonds is 9. The predicted octanol–water partition coefficient (Wildman–Crippen LogP) is 4.55. The number of halogens is 2. The fourth-order valence-corrected chi connectivity index (χ4v) is 3.79. The van der Waals surface area contributed by atoms with Crippen LogP contribution >= 0.6 is 0 Å². The first-order valence-electron chi connectivity index (χ1n) is 11.7. The van der Waals surface area contributed by atoms with E-state index in [0.717, 1.165) is 23.7 Å². The van der Waals surface area contributed by atoms with E-state index in [4.69, 9.17) is 17.4 Å². The van der Waals surface area contributed by atoms with Gasteiger partial charge in [-0.1, -0.05) is 57.1 Å². The number of anilines is 1. The predicted molar refractivity (Wildman–Crippen MR) is 128 cm³/mol. The zero-order chi connectivity index (χ0) is 27.0. The van der Waals surface area contributed by atoms with Crippen LogP contribution in [0, 0.1) is 5.41 Å². The first kappa shape index (κ1) is 24.6. The number of primary amides is 1. The molecule has 2 aromatic heterocycles. The Morgan fingerprint density at radius 2 is 1.83 bits per heavy atom. The fraction of sp³-hybridized carbons (Fsp3) is 0.440. The molecule has 0 radical (unpaired) electrons. The Hall–Kier alpha value is -3.56. The number of ketones is 1. The first-order valence-corrected chi connectivity index (χ1v) is 11.2. The second-order valence-corrected chi connectivity index (χ2v) is 9.89. The lowest BCUT2D eigenvalue weighted by Crippen LogP contribution is -2.19. The van der Waals surface area contributed by atoms with Crippen molar-refractivity contribution in [1.29, 1.82) is 0 Å². The third kappa shape index (κ3) is 5.93. The molecule has 3 aromatic rings. The van der Waals surface area contributed by atoms with Crippen LogP contribution in [-0.4, -0.2) is 33.0 Å². The molecule has 0 spiro atoms. The molecule has 0 bridgehead atoms. The third-order valence-electron chi connectivity index (χ3n) is 5.71. The molecule has 0 aliphatic rings. The Bertz CT molecular complexity index is 1260. The van der Waals surface area contributed by atoms with E-state index >= 15 is 0 Å². The van der Waals surface area contributed by atoms with Crippen LogP contribution < -0.4 is 11.5 Å². The summed E-state index contributed by atoms with van der Waals surface area (Å²) in [5.74, 6) is -1.31. The number of carbonyl (C=O) groups is 2. The van der Waals surface area contributed by atoms with Gasteiger partial charge >= 0.3 is 0 Å². The van der Waals surface area contributed by atoms with Crippen molar-refractivity contribution in [2.75, 3.05) is 5.73 Å². The zero-order valence-electron chi connectivity index (χ0n) is 21.4. The SMILES string of the molecule is [2H]C(F)(F)C(C)n1nc(-c2ccc(C(C)C(=O)Cc3cc(CC(C)(C)C)no3)cc2)c(C(N)=O)c1N. The van der Waals surface area contributed by atoms with E-state index in [2.05, 4.69) is 31.0 Å². The highest BCUT2D eigenvalue weighted by atomic mass is 19.3. The molecule has 2 unspecified atom stereocenters. The van der Waals surface area contributed by atoms with Crippen molar-refractivity contribution in [3.05, 3.63) is 52.9 Å². The number of carbonyl (C=O) groups excluding carboxylic acids is 2. The fourth-order valence-electron chi connectivity index (χ4n) is 3.79. The van der Waals surface area contributed by atoms with Gasteiger partial charge in [0.2, 0.25) is 0 Å². The Balaban J connectivity index is 1.81. The average Bonchev–Trinajstić information content (AvgIpc) is 3.34. The number of nitrogen functional groups attached to an aromatic ring is 1. The number of nitrogens with zero attached hydrogens (tertiary/aromatic N) is 3. The van der Waals surface area contributed by atoms with Crippen LogP contribution in [0.4, 0.5) is 14.6 Å². The number of benzene rings is 1. The van der Waals surface area contributed by atoms with Gasteiger partial charge in [0.15, 0.2) is 0 Å². The molecule has 1 amide bonds. The largest absolute Gasteiger partial charge is 0.383 e. The van der Waals surface area contributed by atoms with E-state index in [9.17, 15) is 18.4 Å². The minimum atomic E-state index is -3.87. The van der Waals surface area contributed by atoms with E-state index in [1.165, 1.54) is 0 Å². The van der Waals surface area contributed by atoms with Crippen molar-refractivity contribution in [2.45, 2.75) is 65.8 Å². The molecule has 0 saturated carbocycles. The Labute approximate surface area is 204 Å². The molecule has 10 heteroatoms. The maximum atomic E-state index is 13.6. The van der Waals surface area contributed by atoms with Gasteiger partial charge in [0, 0.05) is 17.5 Å². The maximum Gasteiger partial charge on any atom is 0.260 e. The van der Waals surface area contributed by atoms with Gasteiger partial charge in [-0.05, 0) is 24.3 Å². The highest BCUT2D eigenvalue weighted by Crippen LogP contribution is 2.32. The highest BCUT2D eigenvalue weighted by molar-refractivity contribution is 6.03. The van der Waals surface area contributed by atoms with E-state index in [-0.39, 0.29) is 34.7 Å². The summed E-state index contributed by atoms with van der Waals surface area (Å²) in [4.78, 5) is 24.9. The van der Waals surface area contributed by atoms with Crippen molar-refractivity contribution in [3.63, 3.8) is 0 Å². The van der Waals surface area contributed by atoms with Crippen LogP contribution in [0.3, 0.4) is 0 Å². The molecule has 4 N–H and O–H groups in total. The molecule has 2 heterocycles. The van der Waals surface area contributed by atoms with Crippen LogP contribution in [0.15, 0.2) is 34.9 Å². The van der Waals surface area contributed by atoms with Crippen molar-refractivity contribution in [3.8, 4) is 11.3 Å². The number of nitrogens with two attached hydrogens (primary N) is 2. The number of Topliss-reactive ketones (excluding diaryl/α,β-unsaturated/α-hetero) is 1. The first-order chi connectivity index (χ1) is 16.6. The van der Waals surface area contributed by atoms with Crippen molar-refractivity contribution < 1.29 is 24.3 Å². The second-order valence-electron chi connectivity index (χ2n) is 9.89. The minimum Gasteiger partial charge on any atom is -0.383 e. The summed E-state index contributed by atoms with van der Waals surface area (Å²) in [6.45, 7) is 9.11. The zero-order valence-corrected chi connectivity index (χ0v) is 20.4. The van der Waals surface area contributed by atoms with Crippen molar-refractivity contribution >= 4 is 17.5 Å². The number of hydrogen-bond acceptors (Lipinski definition) is 6. The summed E-state index contributed by atoms with van der Waals surface area (Å²) >= 11 is 0. The summed E-state index contributed by atoms with van der Waals surface area (Å²) in [5.41, 5.74) is 13.1. The molecule has 2 atom stereocenters. The normalized spacial score (nSPS) is 14.4. The standard InChI is InChI=1S/C25H31F2N5O3/c1-13(19(33)11-18-10-17(31-35-18)12-25(3,4)5)15-6-8-16(9-7-15)21-20(24(29)34)23(28)32(30-21)14(2)22(26)27/h6-10,13-14,22H,11-12,28H2,1-5H3,(H2,29,34)/i22D. The van der Waals surface area contributed by atoms with Crippen molar-refractivity contribution in [1.82, 2.24) is 14.9 Å². The molecule has 3 rings (SSSR count). The molecule has 0 saturated heterocycles. The Kier molecular flexibility index (Phi) is 7.00. The van der Waals surface area contributed by atoms with Gasteiger partial charge in [0.25, 0.3) is 12.3 Å². The van der Waals surface area contributed by atoms with Gasteiger partial charge in [-0.2, -0.15) is 5.10 Å². The monoisotopic (exact) mass is 488 g/mol. The van der Waals surface area contributed by atoms with Gasteiger partial charge in [0.1, 0.15) is 36.0 Å². The van der Waals surface area contributed by atoms with Gasteiger partial charge in [0.05, 0.1) is 12.1 Å². The number of hydrogen-bond donors (Lipinski definition) is 2. The molecule has 188 valence electrons. The van der Waals surface area contributed by atoms with Crippen LogP contribution in [0.5, 0.6) is 0 Å². The lowest BCUT2D eigenvalue weighted by molar-refractivity contribution is -0.119. The minimum absolute atomic E-state index is 0.0228. The highest BCUT2D eigenvalue weighted by Gasteiger charge is 2.27. The number of amides is 1. The van der Waals surface area contributed by atoms with Crippen LogP contribution in [0.2, 0.25) is 0 Å². The van der Waals surface area contributed by atoms with E-state index in [1.807, 2.05) is 0 Å². The molecule has 1 aromatic carbocycles. The number of alkyl halides is 2. The van der Waals surface area contributed by atoms with Crippen LogP contribution in [-0.2, 0) is 17.6 Å². The third-order valence-corrected chi connectivity index (χ3v) is 5.71. The molecule has 0 aliphatic carbocycles. The summed E-state index contributed by atoms with van der Waals surface area (Å²) in [7, 11) is 0. The topological polar surface area (TPSA) is 130 Å². The van der Waals surface area contributed by atoms with Gasteiger partial charge in [-0.3, -0.25) is 9.59 Å². The lowest BCUT2D eigenvalue weighted by atomic mass is 9.90. The van der Waals surface area contributed by atoms with E-state index in [0.29, 0.717) is 16.9 Å². The van der Waals surface area contributed by atoms with E-state index in [1.54, 1.807) is 37.3 Å². The Morgan fingerprint density at radius 1 is 1.20 bits per heavy atom. The summed E-state index contributed by atoms with van der Waals surface area (Å²) in [6, 6.07) is 6.67. The smallest absolute Gasteiger partial charge is 0.260 e. The summed E-state index contributed by atoms with van der Waals surface area (Å²) < 4.78 is 40.2. The van der Waals surface area contributed by atoms with Crippen molar-refractivity contribution in [2.24, 2.45) is 11.1 Å². The molecular weight excluding hydrogens is 456 g/mol. The summed E-state index contributed by atoms with van der Waals surface area (Å²) in [6.07, 6.45) is -3.05. The van der Waals surface area contributed by atoms with Gasteiger partial charge < -0.3 is 16.0 Å². The second kappa shape index (κ2) is 9.97. The van der Waals surface area contributed by atoms with Gasteiger partial charge in [-0.15, -0.1) is 0 Å². The average molecular weight is 489 g/mol. The van der Waals surface area contributed by atoms with Gasteiger partial charge in [-0.25, -0.2) is 13.5 Å². The molecular formula is C25H31F2N5O3. The maximum absolute atomic E-state index is 13.6. The Morgan fingerprint density at radius 3 is 2.37 bits per heavy atom. The number of aromatic nitrogens is 3. The van der Waals surface area contributed by atoms with E-state index < -0.39 is 24.3 Å². The molecule has 8 nitrogen and oxygen atoms in total. The lowest BCUT2D eigenvalue weighted by Gasteiger charge is -2.15. The van der Waals surface area contributed by atoms with Crippen LogP contribution in [0.1, 0.15) is 75.3 Å². The molecule has 35 heavy (non-hydrogen) atoms. The van der Waals surface area contributed by atoms with Crippen LogP contribution in [0.25, 0.3) is 11.3 Å². The molecule has 0 fully saturated rings. The molecule has 0 aliphatic heterocycles.